The summed E-state index contributed by atoms with van der Waals surface area (Å²) in [5, 5.41) is 17.7. The molecule has 2 aromatic carbocycles. The number of nitrogens with two attached hydrogens (primary N) is 1. The van der Waals surface area contributed by atoms with Crippen LogP contribution in [0, 0.1) is 6.92 Å². The number of aromatic hydroxyl groups is 1. The number of aryl methyl sites for hydroxylation is 1. The van der Waals surface area contributed by atoms with Crippen molar-refractivity contribution in [3.63, 3.8) is 0 Å². The molecule has 21 heavy (non-hydrogen) atoms. The number of halogens is 1. The lowest BCUT2D eigenvalue weighted by Crippen LogP contribution is -2.13. The van der Waals surface area contributed by atoms with Gasteiger partial charge in [0.05, 0.1) is 9.37 Å². The van der Waals surface area contributed by atoms with Crippen molar-refractivity contribution in [2.75, 3.05) is 5.32 Å². The quantitative estimate of drug-likeness (QED) is 0.771. The fourth-order valence-corrected chi connectivity index (χ4v) is 2.79. The number of hydrogen-bond donors (Lipinski definition) is 3. The highest BCUT2D eigenvalue weighted by atomic mass is 79.9. The zero-order valence-corrected chi connectivity index (χ0v) is 13.7. The van der Waals surface area contributed by atoms with Crippen LogP contribution in [0.5, 0.6) is 5.75 Å². The maximum Gasteiger partial charge on any atom is 0.238 e. The van der Waals surface area contributed by atoms with Crippen LogP contribution in [0.2, 0.25) is 0 Å². The Morgan fingerprint density at radius 2 is 1.95 bits per heavy atom. The first kappa shape index (κ1) is 15.8. The topological polar surface area (TPSA) is 92.4 Å². The molecular weight excluding hydrogens is 356 g/mol. The van der Waals surface area contributed by atoms with Gasteiger partial charge in [-0.3, -0.25) is 0 Å². The molecule has 0 fully saturated rings. The molecule has 0 aromatic heterocycles. The molecule has 0 saturated carbocycles. The average Bonchev–Trinajstić information content (AvgIpc) is 2.40. The second-order valence-electron chi connectivity index (χ2n) is 4.66. The monoisotopic (exact) mass is 370 g/mol. The number of anilines is 1. The van der Waals surface area contributed by atoms with Crippen LogP contribution in [0.15, 0.2) is 45.8 Å². The van der Waals surface area contributed by atoms with E-state index in [1.807, 2.05) is 6.92 Å². The molecule has 2 aromatic rings. The molecule has 0 heterocycles. The van der Waals surface area contributed by atoms with E-state index < -0.39 is 10.0 Å². The molecule has 2 rings (SSSR count). The van der Waals surface area contributed by atoms with Crippen molar-refractivity contribution in [1.82, 2.24) is 0 Å². The van der Waals surface area contributed by atoms with Crippen LogP contribution in [0.25, 0.3) is 0 Å². The SMILES string of the molecule is Cc1ccc(S(N)(=O)=O)cc1NCc1ccc(O)c(Br)c1. The zero-order valence-electron chi connectivity index (χ0n) is 11.3. The second-order valence-corrected chi connectivity index (χ2v) is 7.08. The Hall–Kier alpha value is -1.57. The lowest BCUT2D eigenvalue weighted by molar-refractivity contribution is 0.471. The molecule has 0 saturated heterocycles. The van der Waals surface area contributed by atoms with E-state index in [4.69, 9.17) is 5.14 Å². The van der Waals surface area contributed by atoms with Gasteiger partial charge in [-0.25, -0.2) is 13.6 Å². The molecular formula is C14H15BrN2O3S. The van der Waals surface area contributed by atoms with Gasteiger partial charge in [0.25, 0.3) is 0 Å². The normalized spacial score (nSPS) is 11.4. The first-order valence-electron chi connectivity index (χ1n) is 6.12. The highest BCUT2D eigenvalue weighted by Gasteiger charge is 2.10. The molecule has 0 aliphatic rings. The molecule has 0 atom stereocenters. The summed E-state index contributed by atoms with van der Waals surface area (Å²) in [6, 6.07) is 9.86. The Morgan fingerprint density at radius 3 is 2.57 bits per heavy atom. The van der Waals surface area contributed by atoms with Crippen molar-refractivity contribution < 1.29 is 13.5 Å². The molecule has 0 spiro atoms. The van der Waals surface area contributed by atoms with Crippen molar-refractivity contribution in [3.8, 4) is 5.75 Å². The van der Waals surface area contributed by atoms with Crippen LogP contribution in [-0.2, 0) is 16.6 Å². The minimum Gasteiger partial charge on any atom is -0.507 e. The minimum atomic E-state index is -3.72. The summed E-state index contributed by atoms with van der Waals surface area (Å²) in [6.45, 7) is 2.37. The molecule has 112 valence electrons. The Labute approximate surface area is 132 Å². The molecule has 5 nitrogen and oxygen atoms in total. The molecule has 0 unspecified atom stereocenters. The van der Waals surface area contributed by atoms with Crippen molar-refractivity contribution in [1.29, 1.82) is 0 Å². The standard InChI is InChI=1S/C14H15BrN2O3S/c1-9-2-4-11(21(16,19)20)7-13(9)17-8-10-3-5-14(18)12(15)6-10/h2-7,17-18H,8H2,1H3,(H2,16,19,20). The van der Waals surface area contributed by atoms with Gasteiger partial charge in [-0.2, -0.15) is 0 Å². The van der Waals surface area contributed by atoms with E-state index in [0.29, 0.717) is 16.7 Å². The summed E-state index contributed by atoms with van der Waals surface area (Å²) in [4.78, 5) is 0.0717. The summed E-state index contributed by atoms with van der Waals surface area (Å²) >= 11 is 3.25. The van der Waals surface area contributed by atoms with E-state index in [0.717, 1.165) is 11.1 Å². The number of nitrogens with one attached hydrogen (secondary N) is 1. The summed E-state index contributed by atoms with van der Waals surface area (Å²) in [5.41, 5.74) is 2.56. The van der Waals surface area contributed by atoms with E-state index in [1.54, 1.807) is 24.3 Å². The minimum absolute atomic E-state index is 0.0717. The van der Waals surface area contributed by atoms with Gasteiger partial charge in [0.2, 0.25) is 10.0 Å². The maximum atomic E-state index is 11.4. The Bertz CT molecular complexity index is 776. The first-order valence-corrected chi connectivity index (χ1v) is 8.46. The molecule has 0 radical (unpaired) electrons. The average molecular weight is 371 g/mol. The predicted molar refractivity (Wildman–Crippen MR) is 85.7 cm³/mol. The summed E-state index contributed by atoms with van der Waals surface area (Å²) in [5.74, 6) is 0.172. The third-order valence-corrected chi connectivity index (χ3v) is 4.58. The van der Waals surface area contributed by atoms with E-state index in [1.165, 1.54) is 12.1 Å². The van der Waals surface area contributed by atoms with Gasteiger partial charge in [0, 0.05) is 12.2 Å². The number of sulfonamides is 1. The number of hydrogen-bond acceptors (Lipinski definition) is 4. The first-order chi connectivity index (χ1) is 9.77. The Morgan fingerprint density at radius 1 is 1.24 bits per heavy atom. The Balaban J connectivity index is 2.21. The van der Waals surface area contributed by atoms with E-state index in [2.05, 4.69) is 21.2 Å². The predicted octanol–water partition coefficient (Wildman–Crippen LogP) is 2.72. The van der Waals surface area contributed by atoms with Gasteiger partial charge in [0.15, 0.2) is 0 Å². The van der Waals surface area contributed by atoms with Crippen molar-refractivity contribution in [3.05, 3.63) is 52.0 Å². The van der Waals surface area contributed by atoms with Crippen LogP contribution in [0.3, 0.4) is 0 Å². The van der Waals surface area contributed by atoms with Gasteiger partial charge in [-0.15, -0.1) is 0 Å². The highest BCUT2D eigenvalue weighted by Crippen LogP contribution is 2.25. The van der Waals surface area contributed by atoms with Gasteiger partial charge < -0.3 is 10.4 Å². The number of benzene rings is 2. The zero-order chi connectivity index (χ0) is 15.6. The molecule has 0 amide bonds. The third-order valence-electron chi connectivity index (χ3n) is 3.03. The van der Waals surface area contributed by atoms with Crippen molar-refractivity contribution in [2.45, 2.75) is 18.4 Å². The van der Waals surface area contributed by atoms with Crippen molar-refractivity contribution >= 4 is 31.6 Å². The maximum absolute atomic E-state index is 11.4. The lowest BCUT2D eigenvalue weighted by Gasteiger charge is -2.11. The van der Waals surface area contributed by atoms with E-state index in [-0.39, 0.29) is 10.6 Å². The molecule has 4 N–H and O–H groups in total. The van der Waals surface area contributed by atoms with Crippen LogP contribution in [0.1, 0.15) is 11.1 Å². The van der Waals surface area contributed by atoms with Gasteiger partial charge >= 0.3 is 0 Å². The highest BCUT2D eigenvalue weighted by molar-refractivity contribution is 9.10. The number of phenols is 1. The molecule has 7 heteroatoms. The number of primary sulfonamides is 1. The fourth-order valence-electron chi connectivity index (χ4n) is 1.83. The van der Waals surface area contributed by atoms with Crippen LogP contribution < -0.4 is 10.5 Å². The summed E-state index contributed by atoms with van der Waals surface area (Å²) < 4.78 is 23.3. The van der Waals surface area contributed by atoms with Crippen molar-refractivity contribution in [2.24, 2.45) is 5.14 Å². The number of phenolic OH excluding ortho intramolecular Hbond substituents is 1. The van der Waals surface area contributed by atoms with E-state index in [9.17, 15) is 13.5 Å². The van der Waals surface area contributed by atoms with Crippen LogP contribution in [0.4, 0.5) is 5.69 Å². The van der Waals surface area contributed by atoms with Gasteiger partial charge in [-0.05, 0) is 58.2 Å². The summed E-state index contributed by atoms with van der Waals surface area (Å²) in [7, 11) is -3.72. The van der Waals surface area contributed by atoms with Gasteiger partial charge in [-0.1, -0.05) is 12.1 Å². The molecule has 0 aliphatic carbocycles. The second kappa shape index (κ2) is 6.05. The van der Waals surface area contributed by atoms with Gasteiger partial charge in [0.1, 0.15) is 5.75 Å². The van der Waals surface area contributed by atoms with Crippen LogP contribution in [-0.4, -0.2) is 13.5 Å². The largest absolute Gasteiger partial charge is 0.507 e. The molecule has 0 aliphatic heterocycles. The summed E-state index contributed by atoms with van der Waals surface area (Å²) in [6.07, 6.45) is 0. The van der Waals surface area contributed by atoms with Crippen LogP contribution >= 0.6 is 15.9 Å². The van der Waals surface area contributed by atoms with E-state index >= 15 is 0 Å². The Kier molecular flexibility index (Phi) is 4.55. The number of rotatable bonds is 4. The smallest absolute Gasteiger partial charge is 0.238 e. The fraction of sp³-hybridized carbons (Fsp3) is 0.143. The molecule has 0 bridgehead atoms. The lowest BCUT2D eigenvalue weighted by atomic mass is 10.1. The third kappa shape index (κ3) is 3.96.